The summed E-state index contributed by atoms with van der Waals surface area (Å²) in [5.74, 6) is 0.722. The Kier molecular flexibility index (Phi) is 3.50. The van der Waals surface area contributed by atoms with E-state index in [9.17, 15) is 5.11 Å². The summed E-state index contributed by atoms with van der Waals surface area (Å²) in [5, 5.41) is 19.9. The zero-order valence-corrected chi connectivity index (χ0v) is 11.9. The lowest BCUT2D eigenvalue weighted by Crippen LogP contribution is -1.84. The number of ether oxygens (including phenoxy) is 1. The van der Waals surface area contributed by atoms with Crippen molar-refractivity contribution in [1.29, 1.82) is 5.26 Å². The number of hydrogen-bond donors (Lipinski definition) is 2. The van der Waals surface area contributed by atoms with E-state index in [0.29, 0.717) is 22.6 Å². The van der Waals surface area contributed by atoms with E-state index in [1.165, 1.54) is 0 Å². The Morgan fingerprint density at radius 1 is 1.27 bits per heavy atom. The normalized spacial score (nSPS) is 10.9. The highest BCUT2D eigenvalue weighted by Crippen LogP contribution is 2.29. The molecule has 1 heterocycles. The van der Waals surface area contributed by atoms with Gasteiger partial charge in [0, 0.05) is 17.1 Å². The molecule has 0 aliphatic heterocycles. The average Bonchev–Trinajstić information content (AvgIpc) is 2.87. The van der Waals surface area contributed by atoms with Crippen molar-refractivity contribution in [2.75, 3.05) is 7.11 Å². The molecule has 0 fully saturated rings. The smallest absolute Gasteiger partial charge is 0.198 e. The number of nitrogens with zero attached hydrogens (tertiary/aromatic N) is 2. The van der Waals surface area contributed by atoms with E-state index in [-0.39, 0.29) is 5.88 Å². The number of rotatable bonds is 3. The highest BCUT2D eigenvalue weighted by atomic mass is 16.5. The molecule has 3 aromatic rings. The number of para-hydroxylation sites is 1. The number of benzene rings is 2. The zero-order valence-electron chi connectivity index (χ0n) is 11.9. The molecular formula is C17H13N3O2. The molecule has 5 nitrogen and oxygen atoms in total. The number of methoxy groups -OCH3 is 1. The number of nitriles is 1. The van der Waals surface area contributed by atoms with E-state index in [1.807, 2.05) is 24.3 Å². The van der Waals surface area contributed by atoms with E-state index in [2.05, 4.69) is 16.0 Å². The van der Waals surface area contributed by atoms with Crippen molar-refractivity contribution in [3.63, 3.8) is 0 Å². The van der Waals surface area contributed by atoms with Crippen molar-refractivity contribution < 1.29 is 9.84 Å². The Labute approximate surface area is 127 Å². The summed E-state index contributed by atoms with van der Waals surface area (Å²) in [6.07, 6.45) is 1.55. The standard InChI is InChI=1S/C17H13N3O2/c1-22-12-6-7-16-13(8-12)14(17(21)20-16)10-19-15-5-3-2-4-11(15)9-18/h2-8,10,20-21H,1H3. The Morgan fingerprint density at radius 3 is 2.86 bits per heavy atom. The predicted octanol–water partition coefficient (Wildman–Crippen LogP) is 3.50. The van der Waals surface area contributed by atoms with Crippen LogP contribution in [0.15, 0.2) is 47.5 Å². The quantitative estimate of drug-likeness (QED) is 0.724. The summed E-state index contributed by atoms with van der Waals surface area (Å²) in [7, 11) is 1.59. The SMILES string of the molecule is COc1ccc2[nH]c(O)c(C=Nc3ccccc3C#N)c2c1. The van der Waals surface area contributed by atoms with E-state index in [0.717, 1.165) is 10.9 Å². The van der Waals surface area contributed by atoms with Crippen LogP contribution >= 0.6 is 0 Å². The molecule has 5 heteroatoms. The third-order valence-electron chi connectivity index (χ3n) is 3.38. The maximum Gasteiger partial charge on any atom is 0.198 e. The first kappa shape index (κ1) is 13.7. The minimum absolute atomic E-state index is 0.0291. The molecule has 0 radical (unpaired) electrons. The second-order valence-electron chi connectivity index (χ2n) is 4.69. The lowest BCUT2D eigenvalue weighted by atomic mass is 10.1. The predicted molar refractivity (Wildman–Crippen MR) is 84.9 cm³/mol. The molecule has 1 aromatic heterocycles. The maximum atomic E-state index is 10.0. The molecule has 0 amide bonds. The van der Waals surface area contributed by atoms with Crippen molar-refractivity contribution >= 4 is 22.8 Å². The number of hydrogen-bond acceptors (Lipinski definition) is 4. The fraction of sp³-hybridized carbons (Fsp3) is 0.0588. The van der Waals surface area contributed by atoms with Crippen LogP contribution in [0.25, 0.3) is 10.9 Å². The fourth-order valence-electron chi connectivity index (χ4n) is 2.25. The van der Waals surface area contributed by atoms with Crippen LogP contribution in [0.2, 0.25) is 0 Å². The molecule has 3 rings (SSSR count). The molecule has 0 atom stereocenters. The summed E-state index contributed by atoms with van der Waals surface area (Å²) in [4.78, 5) is 7.20. The molecular weight excluding hydrogens is 278 g/mol. The number of H-pyrrole nitrogens is 1. The van der Waals surface area contributed by atoms with Gasteiger partial charge >= 0.3 is 0 Å². The molecule has 0 saturated heterocycles. The molecule has 22 heavy (non-hydrogen) atoms. The van der Waals surface area contributed by atoms with Gasteiger partial charge in [-0.3, -0.25) is 4.99 Å². The Morgan fingerprint density at radius 2 is 2.09 bits per heavy atom. The molecule has 0 bridgehead atoms. The third-order valence-corrected chi connectivity index (χ3v) is 3.38. The number of fused-ring (bicyclic) bond motifs is 1. The fourth-order valence-corrected chi connectivity index (χ4v) is 2.25. The second-order valence-corrected chi connectivity index (χ2v) is 4.69. The van der Waals surface area contributed by atoms with Crippen LogP contribution in [0.4, 0.5) is 5.69 Å². The van der Waals surface area contributed by atoms with Crippen LogP contribution in [-0.2, 0) is 0 Å². The minimum Gasteiger partial charge on any atom is -0.497 e. The molecule has 0 aliphatic rings. The lowest BCUT2D eigenvalue weighted by Gasteiger charge is -1.99. The highest BCUT2D eigenvalue weighted by Gasteiger charge is 2.10. The van der Waals surface area contributed by atoms with Crippen LogP contribution < -0.4 is 4.74 Å². The van der Waals surface area contributed by atoms with Gasteiger partial charge in [0.05, 0.1) is 23.9 Å². The van der Waals surface area contributed by atoms with Gasteiger partial charge in [0.25, 0.3) is 0 Å². The van der Waals surface area contributed by atoms with Gasteiger partial charge in [-0.2, -0.15) is 5.26 Å². The second kappa shape index (κ2) is 5.62. The zero-order chi connectivity index (χ0) is 15.5. The number of nitrogens with one attached hydrogen (secondary N) is 1. The van der Waals surface area contributed by atoms with Crippen LogP contribution in [0.5, 0.6) is 11.6 Å². The number of aliphatic imine (C=N–C) groups is 1. The summed E-state index contributed by atoms with van der Waals surface area (Å²) >= 11 is 0. The third kappa shape index (κ3) is 2.38. The Bertz CT molecular complexity index is 904. The van der Waals surface area contributed by atoms with Gasteiger partial charge in [-0.15, -0.1) is 0 Å². The summed E-state index contributed by atoms with van der Waals surface area (Å²) < 4.78 is 5.20. The highest BCUT2D eigenvalue weighted by molar-refractivity contribution is 6.03. The van der Waals surface area contributed by atoms with Gasteiger partial charge in [-0.25, -0.2) is 0 Å². The van der Waals surface area contributed by atoms with E-state index in [4.69, 9.17) is 10.00 Å². The van der Waals surface area contributed by atoms with Gasteiger partial charge in [0.15, 0.2) is 5.88 Å². The van der Waals surface area contributed by atoms with Crippen molar-refractivity contribution in [3.05, 3.63) is 53.6 Å². The average molecular weight is 291 g/mol. The maximum absolute atomic E-state index is 10.0. The monoisotopic (exact) mass is 291 g/mol. The first-order valence-electron chi connectivity index (χ1n) is 6.65. The van der Waals surface area contributed by atoms with Crippen molar-refractivity contribution in [2.24, 2.45) is 4.99 Å². The molecule has 0 aliphatic carbocycles. The van der Waals surface area contributed by atoms with Gasteiger partial charge in [0.2, 0.25) is 0 Å². The van der Waals surface area contributed by atoms with Crippen LogP contribution in [0.3, 0.4) is 0 Å². The molecule has 2 N–H and O–H groups in total. The van der Waals surface area contributed by atoms with E-state index >= 15 is 0 Å². The van der Waals surface area contributed by atoms with Crippen LogP contribution in [0.1, 0.15) is 11.1 Å². The van der Waals surface area contributed by atoms with Gasteiger partial charge in [-0.05, 0) is 30.3 Å². The van der Waals surface area contributed by atoms with Gasteiger partial charge < -0.3 is 14.8 Å². The molecule has 0 unspecified atom stereocenters. The Hall–Kier alpha value is -3.26. The van der Waals surface area contributed by atoms with Gasteiger partial charge in [-0.1, -0.05) is 12.1 Å². The number of aromatic hydroxyl groups is 1. The minimum atomic E-state index is 0.0291. The van der Waals surface area contributed by atoms with Gasteiger partial charge in [0.1, 0.15) is 11.8 Å². The first-order valence-corrected chi connectivity index (χ1v) is 6.65. The van der Waals surface area contributed by atoms with E-state index < -0.39 is 0 Å². The van der Waals surface area contributed by atoms with E-state index in [1.54, 1.807) is 31.5 Å². The summed E-state index contributed by atoms with van der Waals surface area (Å²) in [6, 6.07) is 14.6. The Balaban J connectivity index is 2.08. The molecule has 2 aromatic carbocycles. The first-order chi connectivity index (χ1) is 10.7. The largest absolute Gasteiger partial charge is 0.497 e. The molecule has 0 spiro atoms. The lowest BCUT2D eigenvalue weighted by molar-refractivity contribution is 0.415. The molecule has 0 saturated carbocycles. The van der Waals surface area contributed by atoms with Crippen molar-refractivity contribution in [1.82, 2.24) is 4.98 Å². The van der Waals surface area contributed by atoms with Crippen LogP contribution in [0, 0.1) is 11.3 Å². The number of aromatic nitrogens is 1. The summed E-state index contributed by atoms with van der Waals surface area (Å²) in [5.41, 5.74) is 2.38. The van der Waals surface area contributed by atoms with Crippen molar-refractivity contribution in [2.45, 2.75) is 0 Å². The number of aromatic amines is 1. The summed E-state index contributed by atoms with van der Waals surface area (Å²) in [6.45, 7) is 0. The van der Waals surface area contributed by atoms with Crippen LogP contribution in [-0.4, -0.2) is 23.4 Å². The molecule has 108 valence electrons. The van der Waals surface area contributed by atoms with Crippen molar-refractivity contribution in [3.8, 4) is 17.7 Å². The topological polar surface area (TPSA) is 81.4 Å².